The van der Waals surface area contributed by atoms with E-state index in [2.05, 4.69) is 137 Å². The third kappa shape index (κ3) is 7.48. The maximum absolute atomic E-state index is 6.48. The smallest absolute Gasteiger partial charge is 0.128 e. The molecule has 0 saturated heterocycles. The van der Waals surface area contributed by atoms with Crippen LogP contribution in [0.1, 0.15) is 54.3 Å². The second-order valence-electron chi connectivity index (χ2n) is 14.8. The summed E-state index contributed by atoms with van der Waals surface area (Å²) >= 11 is 0. The van der Waals surface area contributed by atoms with Crippen LogP contribution in [-0.4, -0.2) is 15.0 Å². The summed E-state index contributed by atoms with van der Waals surface area (Å²) in [7, 11) is 0. The number of benzene rings is 4. The quantitative estimate of drug-likeness (QED) is 0.165. The van der Waals surface area contributed by atoms with Crippen LogP contribution < -0.4 is 0 Å². The standard InChI is InChI=1S/C27H25N2O.C20H18N.Ir/c1-16-15-29-24(13-18(16)14-27(3,4)5)23-8-6-7-20-21-10-9-19-17(2)28-12-11-22(19)25(21)30-26(20)23;1-14-9-10-18(20-11-15(2)16(3)13-21-20)12-19(14)17-7-5-4-6-8-17;/h6-7,9-13,15H,14H2,1-5H3;4-9,11-13H,1-3H3;/q2*-1;. The number of aromatic nitrogens is 3. The number of fused-ring (bicyclic) bond motifs is 5. The van der Waals surface area contributed by atoms with E-state index in [1.54, 1.807) is 0 Å². The summed E-state index contributed by atoms with van der Waals surface area (Å²) in [5.41, 5.74) is 15.5. The molecule has 4 heterocycles. The third-order valence-electron chi connectivity index (χ3n) is 9.62. The zero-order chi connectivity index (χ0) is 35.9. The molecule has 4 aromatic carbocycles. The first kappa shape index (κ1) is 36.8. The fourth-order valence-corrected chi connectivity index (χ4v) is 6.67. The minimum atomic E-state index is 0. The normalized spacial score (nSPS) is 11.4. The number of rotatable bonds is 4. The van der Waals surface area contributed by atoms with Crippen molar-refractivity contribution in [2.24, 2.45) is 5.41 Å². The van der Waals surface area contributed by atoms with Gasteiger partial charge in [-0.25, -0.2) is 0 Å². The summed E-state index contributed by atoms with van der Waals surface area (Å²) in [4.78, 5) is 13.7. The SMILES string of the molecule is Cc1cnc(-c2[c-]cc(C)c(-c3ccccc3)c2)cc1C.Cc1cnc(-c2[c-]ccc3c2oc2c4ccnc(C)c4ccc32)cc1CC(C)(C)C.[Ir]. The number of hydrogen-bond donors (Lipinski definition) is 0. The zero-order valence-electron chi connectivity index (χ0n) is 31.1. The van der Waals surface area contributed by atoms with Crippen LogP contribution in [0.15, 0.2) is 108 Å². The van der Waals surface area contributed by atoms with Gasteiger partial charge in [0.15, 0.2) is 0 Å². The van der Waals surface area contributed by atoms with Crippen molar-refractivity contribution < 1.29 is 24.5 Å². The second kappa shape index (κ2) is 14.9. The molecule has 5 heteroatoms. The summed E-state index contributed by atoms with van der Waals surface area (Å²) in [5, 5.41) is 4.41. The second-order valence-corrected chi connectivity index (χ2v) is 14.8. The van der Waals surface area contributed by atoms with Gasteiger partial charge in [-0.2, -0.15) is 0 Å². The number of nitrogens with zero attached hydrogens (tertiary/aromatic N) is 3. The van der Waals surface area contributed by atoms with Crippen LogP contribution in [0, 0.1) is 52.2 Å². The van der Waals surface area contributed by atoms with Crippen molar-refractivity contribution in [1.29, 1.82) is 0 Å². The largest absolute Gasteiger partial charge is 0.500 e. The van der Waals surface area contributed by atoms with Crippen LogP contribution in [0.25, 0.3) is 66.4 Å². The molecule has 0 aliphatic carbocycles. The Kier molecular flexibility index (Phi) is 10.6. The predicted octanol–water partition coefficient (Wildman–Crippen LogP) is 12.3. The van der Waals surface area contributed by atoms with E-state index in [0.717, 1.165) is 67.3 Å². The number of aryl methyl sites for hydroxylation is 5. The predicted molar refractivity (Wildman–Crippen MR) is 212 cm³/mol. The monoisotopic (exact) mass is 858 g/mol. The van der Waals surface area contributed by atoms with E-state index in [0.29, 0.717) is 0 Å². The molecular formula is C47H43IrN3O-2. The molecule has 8 rings (SSSR count). The van der Waals surface area contributed by atoms with Gasteiger partial charge in [0.05, 0.1) is 5.58 Å². The van der Waals surface area contributed by atoms with E-state index in [1.807, 2.05) is 43.7 Å². The Hall–Kier alpha value is -4.96. The van der Waals surface area contributed by atoms with E-state index < -0.39 is 0 Å². The maximum atomic E-state index is 6.48. The van der Waals surface area contributed by atoms with Gasteiger partial charge < -0.3 is 14.4 Å². The van der Waals surface area contributed by atoms with Gasteiger partial charge in [0, 0.05) is 60.5 Å². The Bertz CT molecular complexity index is 2540. The Morgan fingerprint density at radius 1 is 0.635 bits per heavy atom. The summed E-state index contributed by atoms with van der Waals surface area (Å²) in [6.45, 7) is 17.3. The van der Waals surface area contributed by atoms with Gasteiger partial charge in [-0.1, -0.05) is 110 Å². The van der Waals surface area contributed by atoms with E-state index in [9.17, 15) is 0 Å². The molecule has 4 nitrogen and oxygen atoms in total. The van der Waals surface area contributed by atoms with Crippen molar-refractivity contribution in [2.45, 2.75) is 61.8 Å². The van der Waals surface area contributed by atoms with Gasteiger partial charge in [-0.05, 0) is 73.7 Å². The zero-order valence-corrected chi connectivity index (χ0v) is 33.5. The van der Waals surface area contributed by atoms with Gasteiger partial charge in [0.1, 0.15) is 5.58 Å². The molecular weight excluding hydrogens is 815 g/mol. The molecule has 52 heavy (non-hydrogen) atoms. The van der Waals surface area contributed by atoms with E-state index in [-0.39, 0.29) is 25.5 Å². The van der Waals surface area contributed by atoms with E-state index in [1.165, 1.54) is 38.9 Å². The van der Waals surface area contributed by atoms with Crippen molar-refractivity contribution >= 4 is 32.7 Å². The van der Waals surface area contributed by atoms with E-state index >= 15 is 0 Å². The number of pyridine rings is 3. The molecule has 263 valence electrons. The van der Waals surface area contributed by atoms with Crippen LogP contribution >= 0.6 is 0 Å². The molecule has 0 N–H and O–H groups in total. The molecule has 1 radical (unpaired) electrons. The van der Waals surface area contributed by atoms with Gasteiger partial charge in [0.2, 0.25) is 0 Å². The van der Waals surface area contributed by atoms with Crippen LogP contribution in [0.3, 0.4) is 0 Å². The molecule has 0 amide bonds. The average Bonchev–Trinajstić information content (AvgIpc) is 3.51. The van der Waals surface area contributed by atoms with Crippen molar-refractivity contribution in [2.75, 3.05) is 0 Å². The van der Waals surface area contributed by atoms with Crippen LogP contribution in [0.4, 0.5) is 0 Å². The summed E-state index contributed by atoms with van der Waals surface area (Å²) in [6, 6.07) is 36.1. The molecule has 4 aromatic heterocycles. The summed E-state index contributed by atoms with van der Waals surface area (Å²) in [5.74, 6) is 0. The maximum Gasteiger partial charge on any atom is 0.128 e. The molecule has 0 unspecified atom stereocenters. The van der Waals surface area contributed by atoms with Crippen LogP contribution in [-0.2, 0) is 26.5 Å². The summed E-state index contributed by atoms with van der Waals surface area (Å²) < 4.78 is 6.48. The van der Waals surface area contributed by atoms with Crippen molar-refractivity contribution in [3.8, 4) is 33.6 Å². The van der Waals surface area contributed by atoms with Crippen LogP contribution in [0.5, 0.6) is 0 Å². The summed E-state index contributed by atoms with van der Waals surface area (Å²) in [6.07, 6.45) is 6.75. The molecule has 0 bridgehead atoms. The van der Waals surface area contributed by atoms with Crippen molar-refractivity contribution in [3.05, 3.63) is 149 Å². The molecule has 0 spiro atoms. The molecule has 8 aromatic rings. The molecule has 0 atom stereocenters. The first-order valence-corrected chi connectivity index (χ1v) is 17.6. The van der Waals surface area contributed by atoms with Gasteiger partial charge in [0.25, 0.3) is 0 Å². The minimum Gasteiger partial charge on any atom is -0.500 e. The van der Waals surface area contributed by atoms with Crippen molar-refractivity contribution in [1.82, 2.24) is 15.0 Å². The Labute approximate surface area is 320 Å². The molecule has 0 aliphatic rings. The van der Waals surface area contributed by atoms with Gasteiger partial charge in [-0.15, -0.1) is 47.5 Å². The topological polar surface area (TPSA) is 51.8 Å². The van der Waals surface area contributed by atoms with Gasteiger partial charge >= 0.3 is 0 Å². The van der Waals surface area contributed by atoms with Gasteiger partial charge in [-0.3, -0.25) is 4.98 Å². The fraction of sp³-hybridized carbons (Fsp3) is 0.213. The Balaban J connectivity index is 0.000000186. The first-order chi connectivity index (χ1) is 24.5. The first-order valence-electron chi connectivity index (χ1n) is 17.6. The molecule has 0 aliphatic heterocycles. The molecule has 0 saturated carbocycles. The van der Waals surface area contributed by atoms with Crippen LogP contribution in [0.2, 0.25) is 0 Å². The van der Waals surface area contributed by atoms with E-state index in [4.69, 9.17) is 9.40 Å². The fourth-order valence-electron chi connectivity index (χ4n) is 6.67. The number of furan rings is 1. The molecule has 0 fully saturated rings. The minimum absolute atomic E-state index is 0. The number of hydrogen-bond acceptors (Lipinski definition) is 4. The van der Waals surface area contributed by atoms with Crippen molar-refractivity contribution in [3.63, 3.8) is 0 Å². The third-order valence-corrected chi connectivity index (χ3v) is 9.62. The Morgan fingerprint density at radius 2 is 1.33 bits per heavy atom. The average molecular weight is 858 g/mol. The Morgan fingerprint density at radius 3 is 2.08 bits per heavy atom.